The minimum Gasteiger partial charge on any atom is -0.493 e. The van der Waals surface area contributed by atoms with Crippen LogP contribution in [0.3, 0.4) is 0 Å². The number of methoxy groups -OCH3 is 2. The van der Waals surface area contributed by atoms with E-state index in [-0.39, 0.29) is 16.9 Å². The predicted molar refractivity (Wildman–Crippen MR) is 172 cm³/mol. The number of thioether (sulfide) groups is 1. The number of anilines is 3. The Morgan fingerprint density at radius 2 is 1.68 bits per heavy atom. The van der Waals surface area contributed by atoms with Gasteiger partial charge in [0.05, 0.1) is 25.2 Å². The van der Waals surface area contributed by atoms with Crippen molar-refractivity contribution in [3.8, 4) is 22.8 Å². The van der Waals surface area contributed by atoms with Crippen LogP contribution in [-0.4, -0.2) is 41.3 Å². The molecule has 1 amide bonds. The van der Waals surface area contributed by atoms with Crippen LogP contribution in [0.2, 0.25) is 0 Å². The van der Waals surface area contributed by atoms with Gasteiger partial charge in [-0.1, -0.05) is 13.0 Å². The van der Waals surface area contributed by atoms with Gasteiger partial charge in [0, 0.05) is 32.8 Å². The number of thiazole rings is 1. The van der Waals surface area contributed by atoms with Crippen LogP contribution >= 0.6 is 35.3 Å². The fourth-order valence-corrected chi connectivity index (χ4v) is 5.83. The van der Waals surface area contributed by atoms with Crippen LogP contribution in [0.5, 0.6) is 11.5 Å². The molecule has 0 saturated heterocycles. The number of carbonyl (C=O) groups excluding carboxylic acids is 2. The van der Waals surface area contributed by atoms with E-state index in [9.17, 15) is 9.59 Å². The molecule has 0 aliphatic carbocycles. The molecule has 41 heavy (non-hydrogen) atoms. The number of nitrogens with zero attached hydrogens (tertiary/aromatic N) is 1. The molecule has 1 heterocycles. The number of nitrogens with one attached hydrogen (secondary N) is 3. The smallest absolute Gasteiger partial charge is 0.239 e. The number of hydrogen-bond donors (Lipinski definition) is 3. The third-order valence-electron chi connectivity index (χ3n) is 6.00. The summed E-state index contributed by atoms with van der Waals surface area (Å²) in [6.07, 6.45) is 0.637. The summed E-state index contributed by atoms with van der Waals surface area (Å²) < 4.78 is 10.7. The zero-order valence-electron chi connectivity index (χ0n) is 23.0. The molecule has 0 saturated carbocycles. The number of amides is 1. The Morgan fingerprint density at radius 3 is 2.37 bits per heavy atom. The van der Waals surface area contributed by atoms with E-state index >= 15 is 0 Å². The summed E-state index contributed by atoms with van der Waals surface area (Å²) in [6, 6.07) is 20.4. The average molecular weight is 607 g/mol. The molecule has 1 atom stereocenters. The molecule has 4 aromatic rings. The molecule has 1 unspecified atom stereocenters. The lowest BCUT2D eigenvalue weighted by atomic mass is 10.1. The van der Waals surface area contributed by atoms with Gasteiger partial charge in [-0.05, 0) is 86.2 Å². The van der Waals surface area contributed by atoms with E-state index in [1.54, 1.807) is 38.5 Å². The molecule has 4 rings (SSSR count). The monoisotopic (exact) mass is 606 g/mol. The van der Waals surface area contributed by atoms with Crippen LogP contribution in [0.1, 0.15) is 30.6 Å². The number of carbonyl (C=O) groups is 2. The van der Waals surface area contributed by atoms with Crippen LogP contribution in [0.15, 0.2) is 77.0 Å². The normalized spacial score (nSPS) is 11.3. The van der Waals surface area contributed by atoms with Gasteiger partial charge >= 0.3 is 0 Å². The van der Waals surface area contributed by atoms with Gasteiger partial charge < -0.3 is 25.4 Å². The second kappa shape index (κ2) is 14.1. The van der Waals surface area contributed by atoms with Crippen molar-refractivity contribution in [2.45, 2.75) is 30.4 Å². The van der Waals surface area contributed by atoms with Crippen LogP contribution < -0.4 is 25.4 Å². The highest BCUT2D eigenvalue weighted by Gasteiger charge is 2.20. The summed E-state index contributed by atoms with van der Waals surface area (Å²) in [7, 11) is 3.18. The van der Waals surface area contributed by atoms with Crippen molar-refractivity contribution in [1.82, 2.24) is 4.98 Å². The first-order valence-corrected chi connectivity index (χ1v) is 14.9. The maximum Gasteiger partial charge on any atom is 0.239 e. The SMILES string of the molecule is CCC(Sc1cccc(NC(=S)Nc2ccc(C(C)=O)cc2)c1)C(=O)Nc1nc(-c2ccc(OC)c(OC)c2)cs1. The molecule has 0 aliphatic rings. The van der Waals surface area contributed by atoms with Gasteiger partial charge in [0.15, 0.2) is 27.5 Å². The average Bonchev–Trinajstić information content (AvgIpc) is 3.44. The third kappa shape index (κ3) is 8.06. The van der Waals surface area contributed by atoms with Crippen LogP contribution in [-0.2, 0) is 4.79 Å². The number of hydrogen-bond acceptors (Lipinski definition) is 8. The molecule has 3 aromatic carbocycles. The Balaban J connectivity index is 1.36. The van der Waals surface area contributed by atoms with E-state index in [1.807, 2.05) is 54.8 Å². The van der Waals surface area contributed by atoms with Crippen LogP contribution in [0.25, 0.3) is 11.3 Å². The maximum atomic E-state index is 13.1. The summed E-state index contributed by atoms with van der Waals surface area (Å²) in [5, 5.41) is 11.8. The molecule has 0 radical (unpaired) electrons. The molecular weight excluding hydrogens is 577 g/mol. The summed E-state index contributed by atoms with van der Waals surface area (Å²) in [6.45, 7) is 3.51. The largest absolute Gasteiger partial charge is 0.493 e. The highest BCUT2D eigenvalue weighted by Crippen LogP contribution is 2.34. The molecule has 11 heteroatoms. The van der Waals surface area contributed by atoms with E-state index < -0.39 is 0 Å². The molecule has 212 valence electrons. The Kier molecular flexibility index (Phi) is 10.3. The van der Waals surface area contributed by atoms with Crippen molar-refractivity contribution < 1.29 is 19.1 Å². The molecule has 0 spiro atoms. The lowest BCUT2D eigenvalue weighted by molar-refractivity contribution is -0.115. The topological polar surface area (TPSA) is 102 Å². The maximum absolute atomic E-state index is 13.1. The Labute approximate surface area is 252 Å². The van der Waals surface area contributed by atoms with Gasteiger partial charge in [0.25, 0.3) is 0 Å². The summed E-state index contributed by atoms with van der Waals surface area (Å²) in [5.41, 5.74) is 3.82. The highest BCUT2D eigenvalue weighted by molar-refractivity contribution is 8.00. The lowest BCUT2D eigenvalue weighted by Gasteiger charge is -2.15. The number of benzene rings is 3. The summed E-state index contributed by atoms with van der Waals surface area (Å²) >= 11 is 8.30. The number of rotatable bonds is 11. The van der Waals surface area contributed by atoms with E-state index in [4.69, 9.17) is 21.7 Å². The predicted octanol–water partition coefficient (Wildman–Crippen LogP) is 7.35. The van der Waals surface area contributed by atoms with Crippen molar-refractivity contribution in [1.29, 1.82) is 0 Å². The highest BCUT2D eigenvalue weighted by atomic mass is 32.2. The second-order valence-corrected chi connectivity index (χ2v) is 11.4. The number of ether oxygens (including phenoxy) is 2. The Bertz CT molecular complexity index is 1540. The third-order valence-corrected chi connectivity index (χ3v) is 8.32. The fourth-order valence-electron chi connectivity index (χ4n) is 3.86. The van der Waals surface area contributed by atoms with Gasteiger partial charge in [0.1, 0.15) is 0 Å². The van der Waals surface area contributed by atoms with E-state index in [2.05, 4.69) is 20.9 Å². The van der Waals surface area contributed by atoms with Crippen LogP contribution in [0, 0.1) is 0 Å². The molecule has 8 nitrogen and oxygen atoms in total. The van der Waals surface area contributed by atoms with Gasteiger partial charge in [-0.25, -0.2) is 4.98 Å². The zero-order valence-corrected chi connectivity index (χ0v) is 25.5. The minimum absolute atomic E-state index is 0.0108. The van der Waals surface area contributed by atoms with Crippen LogP contribution in [0.4, 0.5) is 16.5 Å². The standard InChI is InChI=1S/C30H30N4O4S3/c1-5-27(28(36)34-30-33-24(17-40-30)20-11-14-25(37-3)26(15-20)38-4)41-23-8-6-7-22(16-23)32-29(39)31-21-12-9-19(10-13-21)18(2)35/h6-17,27H,5H2,1-4H3,(H2,31,32,39)(H,33,34,36). The van der Waals surface area contributed by atoms with Crippen molar-refractivity contribution in [3.05, 3.63) is 77.7 Å². The first-order valence-electron chi connectivity index (χ1n) is 12.7. The Morgan fingerprint density at radius 1 is 0.951 bits per heavy atom. The van der Waals surface area contributed by atoms with Crippen molar-refractivity contribution in [2.75, 3.05) is 30.2 Å². The molecule has 1 aromatic heterocycles. The lowest BCUT2D eigenvalue weighted by Crippen LogP contribution is -2.24. The number of aromatic nitrogens is 1. The first kappa shape index (κ1) is 30.0. The van der Waals surface area contributed by atoms with Gasteiger partial charge in [-0.2, -0.15) is 0 Å². The second-order valence-electron chi connectivity index (χ2n) is 8.85. The van der Waals surface area contributed by atoms with Crippen molar-refractivity contribution in [2.24, 2.45) is 0 Å². The van der Waals surface area contributed by atoms with Gasteiger partial charge in [-0.3, -0.25) is 9.59 Å². The van der Waals surface area contributed by atoms with Gasteiger partial charge in [-0.15, -0.1) is 23.1 Å². The number of thiocarbonyl (C=S) groups is 1. The molecule has 0 fully saturated rings. The molecule has 0 bridgehead atoms. The quantitative estimate of drug-likeness (QED) is 0.0919. The van der Waals surface area contributed by atoms with E-state index in [0.717, 1.165) is 27.5 Å². The number of Topliss-reactive ketones (excluding diaryl/α,β-unsaturated/α-hetero) is 1. The zero-order chi connectivity index (χ0) is 29.4. The van der Waals surface area contributed by atoms with E-state index in [0.29, 0.717) is 33.7 Å². The first-order chi connectivity index (χ1) is 19.8. The van der Waals surface area contributed by atoms with E-state index in [1.165, 1.54) is 30.0 Å². The minimum atomic E-state index is -0.316. The van der Waals surface area contributed by atoms with Gasteiger partial charge in [0.2, 0.25) is 5.91 Å². The fraction of sp³-hybridized carbons (Fsp3) is 0.200. The Hall–Kier alpha value is -3.93. The summed E-state index contributed by atoms with van der Waals surface area (Å²) in [4.78, 5) is 30.2. The molecular formula is C30H30N4O4S3. The molecule has 0 aliphatic heterocycles. The summed E-state index contributed by atoms with van der Waals surface area (Å²) in [5.74, 6) is 1.15. The van der Waals surface area contributed by atoms with Crippen molar-refractivity contribution in [3.63, 3.8) is 0 Å². The molecule has 3 N–H and O–H groups in total. The van der Waals surface area contributed by atoms with Crippen molar-refractivity contribution >= 4 is 68.6 Å². The number of ketones is 1.